The standard InChI is InChI=1S/C19H18Cl2N4O2/c1-12(18-23-24-19(27-18)13-4-3-5-15(21)10-13)25(2)11-17(26)22-16-8-6-14(20)7-9-16/h3-10,12H,11H2,1-2H3,(H,22,26)/t12-/m0/s1. The van der Waals surface area contributed by atoms with Crippen molar-refractivity contribution in [2.45, 2.75) is 13.0 Å². The Morgan fingerprint density at radius 2 is 1.89 bits per heavy atom. The van der Waals surface area contributed by atoms with Gasteiger partial charge in [-0.1, -0.05) is 29.3 Å². The molecule has 0 saturated heterocycles. The Kier molecular flexibility index (Phi) is 6.11. The number of hydrogen-bond acceptors (Lipinski definition) is 5. The molecule has 3 aromatic rings. The van der Waals surface area contributed by atoms with Crippen molar-refractivity contribution in [1.82, 2.24) is 15.1 Å². The Balaban J connectivity index is 1.62. The Morgan fingerprint density at radius 1 is 1.15 bits per heavy atom. The van der Waals surface area contributed by atoms with E-state index in [0.717, 1.165) is 5.56 Å². The van der Waals surface area contributed by atoms with Gasteiger partial charge >= 0.3 is 0 Å². The topological polar surface area (TPSA) is 71.3 Å². The molecule has 2 aromatic carbocycles. The fraction of sp³-hybridized carbons (Fsp3) is 0.211. The second kappa shape index (κ2) is 8.52. The number of amides is 1. The van der Waals surface area contributed by atoms with Crippen LogP contribution in [0.15, 0.2) is 52.9 Å². The zero-order chi connectivity index (χ0) is 19.4. The van der Waals surface area contributed by atoms with E-state index in [9.17, 15) is 4.79 Å². The molecule has 0 spiro atoms. The van der Waals surface area contributed by atoms with Crippen LogP contribution in [0, 0.1) is 0 Å². The molecule has 0 aliphatic carbocycles. The van der Waals surface area contributed by atoms with Crippen molar-refractivity contribution in [2.24, 2.45) is 0 Å². The molecule has 1 amide bonds. The summed E-state index contributed by atoms with van der Waals surface area (Å²) in [4.78, 5) is 14.1. The fourth-order valence-corrected chi connectivity index (χ4v) is 2.74. The van der Waals surface area contributed by atoms with Gasteiger partial charge < -0.3 is 9.73 Å². The molecule has 0 aliphatic rings. The van der Waals surface area contributed by atoms with Gasteiger partial charge in [-0.05, 0) is 56.4 Å². The van der Waals surface area contributed by atoms with Crippen LogP contribution in [0.3, 0.4) is 0 Å². The fourth-order valence-electron chi connectivity index (χ4n) is 2.43. The summed E-state index contributed by atoms with van der Waals surface area (Å²) in [5, 5.41) is 12.2. The van der Waals surface area contributed by atoms with Crippen molar-refractivity contribution >= 4 is 34.8 Å². The summed E-state index contributed by atoms with van der Waals surface area (Å²) in [6, 6.07) is 13.9. The van der Waals surface area contributed by atoms with Crippen LogP contribution in [0.1, 0.15) is 18.9 Å². The molecule has 0 radical (unpaired) electrons. The zero-order valence-electron chi connectivity index (χ0n) is 14.8. The highest BCUT2D eigenvalue weighted by molar-refractivity contribution is 6.31. The molecular formula is C19H18Cl2N4O2. The zero-order valence-corrected chi connectivity index (χ0v) is 16.3. The quantitative estimate of drug-likeness (QED) is 0.645. The Hall–Kier alpha value is -2.41. The second-order valence-corrected chi connectivity index (χ2v) is 6.97. The molecule has 3 rings (SSSR count). The monoisotopic (exact) mass is 404 g/mol. The highest BCUT2D eigenvalue weighted by Crippen LogP contribution is 2.25. The minimum atomic E-state index is -0.235. The summed E-state index contributed by atoms with van der Waals surface area (Å²) in [5.41, 5.74) is 1.43. The summed E-state index contributed by atoms with van der Waals surface area (Å²) in [6.07, 6.45) is 0. The molecule has 6 nitrogen and oxygen atoms in total. The van der Waals surface area contributed by atoms with Crippen molar-refractivity contribution in [3.63, 3.8) is 0 Å². The third-order valence-electron chi connectivity index (χ3n) is 4.05. The number of rotatable bonds is 6. The molecule has 0 bridgehead atoms. The first-order valence-corrected chi connectivity index (χ1v) is 9.03. The number of nitrogens with zero attached hydrogens (tertiary/aromatic N) is 3. The van der Waals surface area contributed by atoms with Gasteiger partial charge in [0.1, 0.15) is 0 Å². The van der Waals surface area contributed by atoms with Crippen LogP contribution < -0.4 is 5.32 Å². The summed E-state index contributed by atoms with van der Waals surface area (Å²) >= 11 is 11.8. The van der Waals surface area contributed by atoms with E-state index in [1.165, 1.54) is 0 Å². The predicted molar refractivity (Wildman–Crippen MR) is 106 cm³/mol. The summed E-state index contributed by atoms with van der Waals surface area (Å²) < 4.78 is 5.75. The van der Waals surface area contributed by atoms with E-state index in [-0.39, 0.29) is 18.5 Å². The summed E-state index contributed by atoms with van der Waals surface area (Å²) in [7, 11) is 1.81. The van der Waals surface area contributed by atoms with Crippen molar-refractivity contribution in [3.8, 4) is 11.5 Å². The van der Waals surface area contributed by atoms with Crippen molar-refractivity contribution < 1.29 is 9.21 Å². The van der Waals surface area contributed by atoms with Crippen molar-refractivity contribution in [1.29, 1.82) is 0 Å². The number of halogens is 2. The molecular weight excluding hydrogens is 387 g/mol. The molecule has 1 N–H and O–H groups in total. The van der Waals surface area contributed by atoms with Gasteiger partial charge in [0.2, 0.25) is 17.7 Å². The van der Waals surface area contributed by atoms with Crippen LogP contribution in [-0.2, 0) is 4.79 Å². The summed E-state index contributed by atoms with van der Waals surface area (Å²) in [6.45, 7) is 2.06. The van der Waals surface area contributed by atoms with E-state index >= 15 is 0 Å². The Labute approximate surface area is 167 Å². The smallest absolute Gasteiger partial charge is 0.247 e. The lowest BCUT2D eigenvalue weighted by atomic mass is 10.2. The third kappa shape index (κ3) is 5.07. The number of benzene rings is 2. The SMILES string of the molecule is C[C@@H](c1nnc(-c2cccc(Cl)c2)o1)N(C)CC(=O)Nc1ccc(Cl)cc1. The van der Waals surface area contributed by atoms with Crippen LogP contribution in [0.4, 0.5) is 5.69 Å². The molecule has 0 aliphatic heterocycles. The maximum absolute atomic E-state index is 12.2. The number of anilines is 1. The lowest BCUT2D eigenvalue weighted by molar-refractivity contribution is -0.117. The summed E-state index contributed by atoms with van der Waals surface area (Å²) in [5.74, 6) is 0.659. The molecule has 140 valence electrons. The molecule has 1 atom stereocenters. The Bertz CT molecular complexity index is 927. The number of carbonyl (C=O) groups excluding carboxylic acids is 1. The van der Waals surface area contributed by atoms with E-state index < -0.39 is 0 Å². The Morgan fingerprint density at radius 3 is 2.59 bits per heavy atom. The average Bonchev–Trinajstić information content (AvgIpc) is 3.13. The number of aromatic nitrogens is 2. The highest BCUT2D eigenvalue weighted by Gasteiger charge is 2.21. The minimum Gasteiger partial charge on any atom is -0.419 e. The highest BCUT2D eigenvalue weighted by atomic mass is 35.5. The maximum Gasteiger partial charge on any atom is 0.247 e. The molecule has 1 heterocycles. The first-order valence-electron chi connectivity index (χ1n) is 8.27. The number of carbonyl (C=O) groups is 1. The average molecular weight is 405 g/mol. The lowest BCUT2D eigenvalue weighted by Crippen LogP contribution is -2.32. The van der Waals surface area contributed by atoms with E-state index in [0.29, 0.717) is 27.5 Å². The molecule has 0 saturated carbocycles. The van der Waals surface area contributed by atoms with Gasteiger partial charge in [-0.3, -0.25) is 9.69 Å². The van der Waals surface area contributed by atoms with Crippen molar-refractivity contribution in [3.05, 3.63) is 64.5 Å². The van der Waals surface area contributed by atoms with E-state index in [1.807, 2.05) is 31.0 Å². The number of nitrogens with one attached hydrogen (secondary N) is 1. The van der Waals surface area contributed by atoms with E-state index in [1.54, 1.807) is 36.4 Å². The van der Waals surface area contributed by atoms with Crippen LogP contribution >= 0.6 is 23.2 Å². The van der Waals surface area contributed by atoms with Gasteiger partial charge in [-0.25, -0.2) is 0 Å². The van der Waals surface area contributed by atoms with Gasteiger partial charge in [0.25, 0.3) is 0 Å². The normalized spacial score (nSPS) is 12.2. The molecule has 8 heteroatoms. The van der Waals surface area contributed by atoms with Crippen LogP contribution in [-0.4, -0.2) is 34.6 Å². The lowest BCUT2D eigenvalue weighted by Gasteiger charge is -2.21. The number of hydrogen-bond donors (Lipinski definition) is 1. The van der Waals surface area contributed by atoms with Gasteiger partial charge in [-0.15, -0.1) is 10.2 Å². The maximum atomic E-state index is 12.2. The van der Waals surface area contributed by atoms with Crippen LogP contribution in [0.25, 0.3) is 11.5 Å². The van der Waals surface area contributed by atoms with Gasteiger partial charge in [-0.2, -0.15) is 0 Å². The largest absolute Gasteiger partial charge is 0.419 e. The van der Waals surface area contributed by atoms with Crippen LogP contribution in [0.2, 0.25) is 10.0 Å². The van der Waals surface area contributed by atoms with Gasteiger partial charge in [0.15, 0.2) is 0 Å². The third-order valence-corrected chi connectivity index (χ3v) is 4.54. The minimum absolute atomic E-state index is 0.152. The van der Waals surface area contributed by atoms with Crippen LogP contribution in [0.5, 0.6) is 0 Å². The van der Waals surface area contributed by atoms with Gasteiger partial charge in [0, 0.05) is 21.3 Å². The van der Waals surface area contributed by atoms with Gasteiger partial charge in [0.05, 0.1) is 12.6 Å². The molecule has 0 unspecified atom stereocenters. The molecule has 0 fully saturated rings. The number of likely N-dealkylation sites (N-methyl/N-ethyl adjacent to an activating group) is 1. The molecule has 1 aromatic heterocycles. The second-order valence-electron chi connectivity index (χ2n) is 6.10. The first kappa shape index (κ1) is 19.4. The first-order chi connectivity index (χ1) is 12.9. The molecule has 27 heavy (non-hydrogen) atoms. The van der Waals surface area contributed by atoms with E-state index in [4.69, 9.17) is 27.6 Å². The van der Waals surface area contributed by atoms with Crippen molar-refractivity contribution in [2.75, 3.05) is 18.9 Å². The van der Waals surface area contributed by atoms with E-state index in [2.05, 4.69) is 15.5 Å². The predicted octanol–water partition coefficient (Wildman–Crippen LogP) is 4.67.